The molecule has 1 unspecified atom stereocenters. The molecule has 1 amide bonds. The van der Waals surface area contributed by atoms with Gasteiger partial charge in [0.15, 0.2) is 9.84 Å². The number of carbonyl (C=O) groups excluding carboxylic acids is 1. The van der Waals surface area contributed by atoms with Gasteiger partial charge in [0.1, 0.15) is 0 Å². The summed E-state index contributed by atoms with van der Waals surface area (Å²) >= 11 is 0. The minimum atomic E-state index is -3.04. The molecule has 5 nitrogen and oxygen atoms in total. The Kier molecular flexibility index (Phi) is 3.30. The maximum atomic E-state index is 12.2. The van der Waals surface area contributed by atoms with E-state index in [4.69, 9.17) is 5.73 Å². The van der Waals surface area contributed by atoms with Crippen molar-refractivity contribution in [3.63, 3.8) is 0 Å². The highest BCUT2D eigenvalue weighted by Crippen LogP contribution is 2.23. The Morgan fingerprint density at radius 2 is 2.05 bits per heavy atom. The number of rotatable bonds is 2. The normalized spacial score (nSPS) is 25.2. The number of hydrogen-bond donors (Lipinski definition) is 2. The van der Waals surface area contributed by atoms with Crippen molar-refractivity contribution >= 4 is 21.4 Å². The molecule has 0 aliphatic carbocycles. The van der Waals surface area contributed by atoms with E-state index in [0.717, 1.165) is 5.56 Å². The zero-order valence-corrected chi connectivity index (χ0v) is 11.9. The predicted molar refractivity (Wildman–Crippen MR) is 74.7 cm³/mol. The van der Waals surface area contributed by atoms with E-state index in [2.05, 4.69) is 5.32 Å². The van der Waals surface area contributed by atoms with Crippen LogP contribution in [0.1, 0.15) is 29.3 Å². The predicted octanol–water partition coefficient (Wildman–Crippen LogP) is 0.884. The van der Waals surface area contributed by atoms with Gasteiger partial charge < -0.3 is 11.1 Å². The number of amides is 1. The lowest BCUT2D eigenvalue weighted by atomic mass is 10.0. The first-order valence-corrected chi connectivity index (χ1v) is 7.91. The second-order valence-electron chi connectivity index (χ2n) is 5.49. The monoisotopic (exact) mass is 282 g/mol. The summed E-state index contributed by atoms with van der Waals surface area (Å²) in [5, 5.41) is 2.81. The number of nitrogens with one attached hydrogen (secondary N) is 1. The van der Waals surface area contributed by atoms with Gasteiger partial charge in [-0.3, -0.25) is 4.79 Å². The molecule has 0 spiro atoms. The van der Waals surface area contributed by atoms with Gasteiger partial charge in [-0.25, -0.2) is 8.42 Å². The number of nitrogens with two attached hydrogens (primary N) is 1. The third-order valence-corrected chi connectivity index (χ3v) is 5.18. The van der Waals surface area contributed by atoms with Gasteiger partial charge in [0.05, 0.1) is 17.0 Å². The van der Waals surface area contributed by atoms with Gasteiger partial charge in [0.25, 0.3) is 5.91 Å². The van der Waals surface area contributed by atoms with Crippen LogP contribution in [0.3, 0.4) is 0 Å². The number of hydrogen-bond acceptors (Lipinski definition) is 4. The summed E-state index contributed by atoms with van der Waals surface area (Å²) in [6, 6.07) is 5.10. The van der Waals surface area contributed by atoms with Crippen LogP contribution in [0.2, 0.25) is 0 Å². The highest BCUT2D eigenvalue weighted by Gasteiger charge is 2.39. The summed E-state index contributed by atoms with van der Waals surface area (Å²) in [5.74, 6) is -0.165. The molecule has 104 valence electrons. The Balaban J connectivity index is 2.18. The number of aryl methyl sites for hydroxylation is 1. The van der Waals surface area contributed by atoms with Crippen LogP contribution in [0, 0.1) is 6.92 Å². The van der Waals surface area contributed by atoms with Crippen molar-refractivity contribution in [1.29, 1.82) is 0 Å². The highest BCUT2D eigenvalue weighted by atomic mass is 32.2. The van der Waals surface area contributed by atoms with E-state index in [9.17, 15) is 13.2 Å². The van der Waals surface area contributed by atoms with Crippen molar-refractivity contribution in [2.24, 2.45) is 0 Å². The van der Waals surface area contributed by atoms with E-state index in [-0.39, 0.29) is 17.4 Å². The summed E-state index contributed by atoms with van der Waals surface area (Å²) in [6.45, 7) is 3.61. The molecular weight excluding hydrogens is 264 g/mol. The Morgan fingerprint density at radius 3 is 2.58 bits per heavy atom. The largest absolute Gasteiger partial charge is 0.399 e. The number of sulfone groups is 1. The molecule has 0 saturated carbocycles. The molecule has 1 heterocycles. The Bertz CT molecular complexity index is 605. The molecule has 1 saturated heterocycles. The van der Waals surface area contributed by atoms with E-state index in [1.54, 1.807) is 25.1 Å². The van der Waals surface area contributed by atoms with Crippen LogP contribution >= 0.6 is 0 Å². The lowest BCUT2D eigenvalue weighted by Crippen LogP contribution is -2.46. The van der Waals surface area contributed by atoms with Crippen LogP contribution in [0.15, 0.2) is 18.2 Å². The molecule has 3 N–H and O–H groups in total. The quantitative estimate of drug-likeness (QED) is 0.788. The van der Waals surface area contributed by atoms with Crippen LogP contribution in [0.5, 0.6) is 0 Å². The van der Waals surface area contributed by atoms with Crippen molar-refractivity contribution in [2.45, 2.75) is 25.8 Å². The molecule has 1 aliphatic rings. The van der Waals surface area contributed by atoms with Gasteiger partial charge >= 0.3 is 0 Å². The van der Waals surface area contributed by atoms with E-state index >= 15 is 0 Å². The molecule has 19 heavy (non-hydrogen) atoms. The Hall–Kier alpha value is -1.56. The van der Waals surface area contributed by atoms with E-state index in [1.165, 1.54) is 0 Å². The van der Waals surface area contributed by atoms with Crippen molar-refractivity contribution in [3.05, 3.63) is 29.3 Å². The minimum Gasteiger partial charge on any atom is -0.399 e. The second-order valence-corrected chi connectivity index (χ2v) is 7.67. The fourth-order valence-corrected chi connectivity index (χ4v) is 4.49. The summed E-state index contributed by atoms with van der Waals surface area (Å²) in [5.41, 5.74) is 6.90. The third kappa shape index (κ3) is 3.26. The first-order valence-electron chi connectivity index (χ1n) is 6.09. The summed E-state index contributed by atoms with van der Waals surface area (Å²) in [7, 11) is -3.04. The zero-order chi connectivity index (χ0) is 14.3. The first-order chi connectivity index (χ1) is 8.69. The zero-order valence-electron chi connectivity index (χ0n) is 11.1. The molecular formula is C13H18N2O3S. The number of nitrogen functional groups attached to an aromatic ring is 1. The molecule has 2 rings (SSSR count). The lowest BCUT2D eigenvalue weighted by Gasteiger charge is -2.24. The van der Waals surface area contributed by atoms with Crippen LogP contribution in [0.25, 0.3) is 0 Å². The molecule has 6 heteroatoms. The van der Waals surface area contributed by atoms with E-state index in [0.29, 0.717) is 17.7 Å². The van der Waals surface area contributed by atoms with Gasteiger partial charge in [-0.15, -0.1) is 0 Å². The van der Waals surface area contributed by atoms with Crippen molar-refractivity contribution in [3.8, 4) is 0 Å². The van der Waals surface area contributed by atoms with E-state index in [1.807, 2.05) is 6.92 Å². The fourth-order valence-electron chi connectivity index (χ4n) is 2.40. The van der Waals surface area contributed by atoms with Gasteiger partial charge in [-0.05, 0) is 44.0 Å². The standard InChI is InChI=1S/C13H18N2O3S/c1-9-5-10(7-11(14)6-9)12(16)15-13(2)3-4-19(17,18)8-13/h5-7H,3-4,8,14H2,1-2H3,(H,15,16). The topological polar surface area (TPSA) is 89.3 Å². The van der Waals surface area contributed by atoms with Crippen LogP contribution in [-0.4, -0.2) is 31.4 Å². The van der Waals surface area contributed by atoms with Gasteiger partial charge in [-0.2, -0.15) is 0 Å². The van der Waals surface area contributed by atoms with Gasteiger partial charge in [0, 0.05) is 11.3 Å². The van der Waals surface area contributed by atoms with Crippen LogP contribution < -0.4 is 11.1 Å². The van der Waals surface area contributed by atoms with Crippen molar-refractivity contribution < 1.29 is 13.2 Å². The molecule has 0 aromatic heterocycles. The maximum Gasteiger partial charge on any atom is 0.251 e. The molecule has 1 aromatic carbocycles. The minimum absolute atomic E-state index is 0.00691. The average molecular weight is 282 g/mol. The number of benzene rings is 1. The Morgan fingerprint density at radius 1 is 1.37 bits per heavy atom. The number of anilines is 1. The third-order valence-electron chi connectivity index (χ3n) is 3.28. The molecule has 1 aromatic rings. The Labute approximate surface area is 113 Å². The second kappa shape index (κ2) is 4.52. The summed E-state index contributed by atoms with van der Waals surface area (Å²) in [4.78, 5) is 12.2. The van der Waals surface area contributed by atoms with Crippen molar-refractivity contribution in [2.75, 3.05) is 17.2 Å². The fraction of sp³-hybridized carbons (Fsp3) is 0.462. The first kappa shape index (κ1) is 13.9. The van der Waals surface area contributed by atoms with Gasteiger partial charge in [-0.1, -0.05) is 0 Å². The molecule has 1 fully saturated rings. The molecule has 1 aliphatic heterocycles. The number of carbonyl (C=O) groups is 1. The highest BCUT2D eigenvalue weighted by molar-refractivity contribution is 7.91. The SMILES string of the molecule is Cc1cc(N)cc(C(=O)NC2(C)CCS(=O)(=O)C2)c1. The lowest BCUT2D eigenvalue weighted by molar-refractivity contribution is 0.0915. The molecule has 0 bridgehead atoms. The summed E-state index contributed by atoms with van der Waals surface area (Å²) < 4.78 is 23.0. The van der Waals surface area contributed by atoms with E-state index < -0.39 is 15.4 Å². The van der Waals surface area contributed by atoms with Gasteiger partial charge in [0.2, 0.25) is 0 Å². The molecule has 0 radical (unpaired) electrons. The summed E-state index contributed by atoms with van der Waals surface area (Å²) in [6.07, 6.45) is 0.447. The molecule has 1 atom stereocenters. The van der Waals surface area contributed by atoms with Crippen molar-refractivity contribution in [1.82, 2.24) is 5.32 Å². The smallest absolute Gasteiger partial charge is 0.251 e. The van der Waals surface area contributed by atoms with Crippen LogP contribution in [0.4, 0.5) is 5.69 Å². The maximum absolute atomic E-state index is 12.2. The average Bonchev–Trinajstić information content (AvgIpc) is 2.51. The van der Waals surface area contributed by atoms with Crippen LogP contribution in [-0.2, 0) is 9.84 Å².